The molecule has 19 heavy (non-hydrogen) atoms. The highest BCUT2D eigenvalue weighted by molar-refractivity contribution is 5.43. The lowest BCUT2D eigenvalue weighted by molar-refractivity contribution is 0.0940. The van der Waals surface area contributed by atoms with Crippen LogP contribution in [0.5, 0.6) is 0 Å². The van der Waals surface area contributed by atoms with Gasteiger partial charge < -0.3 is 9.47 Å². The number of rotatable bonds is 7. The molecule has 0 spiro atoms. The van der Waals surface area contributed by atoms with E-state index in [0.29, 0.717) is 13.2 Å². The van der Waals surface area contributed by atoms with Crippen LogP contribution < -0.4 is 0 Å². The Labute approximate surface area is 115 Å². The molecule has 0 fully saturated rings. The van der Waals surface area contributed by atoms with Gasteiger partial charge in [-0.05, 0) is 36.8 Å². The summed E-state index contributed by atoms with van der Waals surface area (Å²) >= 11 is 0. The highest BCUT2D eigenvalue weighted by Gasteiger charge is 2.38. The van der Waals surface area contributed by atoms with Gasteiger partial charge in [-0.25, -0.2) is 0 Å². The van der Waals surface area contributed by atoms with Crippen molar-refractivity contribution in [2.24, 2.45) is 0 Å². The molecule has 2 rings (SSSR count). The van der Waals surface area contributed by atoms with Gasteiger partial charge >= 0.3 is 0 Å². The third-order valence-electron chi connectivity index (χ3n) is 3.88. The van der Waals surface area contributed by atoms with Crippen molar-refractivity contribution in [2.45, 2.75) is 31.1 Å². The number of fused-ring (bicyclic) bond motifs is 1. The van der Waals surface area contributed by atoms with Gasteiger partial charge in [-0.3, -0.25) is 0 Å². The van der Waals surface area contributed by atoms with Crippen LogP contribution in [0.4, 0.5) is 0 Å². The Morgan fingerprint density at radius 2 is 2.11 bits per heavy atom. The molecule has 1 unspecified atom stereocenters. The third kappa shape index (κ3) is 3.15. The van der Waals surface area contributed by atoms with Crippen molar-refractivity contribution in [3.63, 3.8) is 0 Å². The molecular formula is C16H21NO2. The SMILES string of the molecule is COCCCOCCC1(C#N)CCc2ccccc21. The van der Waals surface area contributed by atoms with Crippen LogP contribution in [0.25, 0.3) is 0 Å². The topological polar surface area (TPSA) is 42.2 Å². The largest absolute Gasteiger partial charge is 0.385 e. The maximum absolute atomic E-state index is 9.58. The first-order chi connectivity index (χ1) is 9.32. The van der Waals surface area contributed by atoms with Gasteiger partial charge in [0.2, 0.25) is 0 Å². The van der Waals surface area contributed by atoms with Gasteiger partial charge in [0, 0.05) is 26.9 Å². The minimum atomic E-state index is -0.335. The van der Waals surface area contributed by atoms with Crippen LogP contribution in [0, 0.1) is 11.3 Å². The molecule has 0 saturated carbocycles. The average Bonchev–Trinajstić information content (AvgIpc) is 2.83. The zero-order valence-corrected chi connectivity index (χ0v) is 11.5. The van der Waals surface area contributed by atoms with Gasteiger partial charge in [0.25, 0.3) is 0 Å². The van der Waals surface area contributed by atoms with Crippen molar-refractivity contribution in [1.82, 2.24) is 0 Å². The number of aryl methyl sites for hydroxylation is 1. The Morgan fingerprint density at radius 3 is 2.89 bits per heavy atom. The highest BCUT2D eigenvalue weighted by atomic mass is 16.5. The van der Waals surface area contributed by atoms with Gasteiger partial charge in [-0.2, -0.15) is 5.26 Å². The second-order valence-corrected chi connectivity index (χ2v) is 5.06. The monoisotopic (exact) mass is 259 g/mol. The van der Waals surface area contributed by atoms with Crippen molar-refractivity contribution < 1.29 is 9.47 Å². The fourth-order valence-corrected chi connectivity index (χ4v) is 2.77. The molecule has 1 aromatic rings. The summed E-state index contributed by atoms with van der Waals surface area (Å²) in [5.74, 6) is 0. The molecule has 0 bridgehead atoms. The van der Waals surface area contributed by atoms with E-state index in [2.05, 4.69) is 18.2 Å². The number of benzene rings is 1. The van der Waals surface area contributed by atoms with E-state index in [1.807, 2.05) is 12.1 Å². The molecule has 0 heterocycles. The van der Waals surface area contributed by atoms with Crippen LogP contribution in [-0.2, 0) is 21.3 Å². The third-order valence-corrected chi connectivity index (χ3v) is 3.88. The van der Waals surface area contributed by atoms with Crippen molar-refractivity contribution >= 4 is 0 Å². The minimum Gasteiger partial charge on any atom is -0.385 e. The van der Waals surface area contributed by atoms with Crippen molar-refractivity contribution in [3.05, 3.63) is 35.4 Å². The van der Waals surface area contributed by atoms with E-state index in [0.717, 1.165) is 32.3 Å². The lowest BCUT2D eigenvalue weighted by Crippen LogP contribution is -2.23. The van der Waals surface area contributed by atoms with Crippen LogP contribution in [0.15, 0.2) is 24.3 Å². The Bertz CT molecular complexity index is 452. The molecule has 3 nitrogen and oxygen atoms in total. The Balaban J connectivity index is 1.89. The smallest absolute Gasteiger partial charge is 0.0850 e. The maximum atomic E-state index is 9.58. The lowest BCUT2D eigenvalue weighted by atomic mass is 9.80. The first-order valence-electron chi connectivity index (χ1n) is 6.89. The molecule has 0 aromatic heterocycles. The number of hydrogen-bond donors (Lipinski definition) is 0. The van der Waals surface area contributed by atoms with Crippen molar-refractivity contribution in [1.29, 1.82) is 5.26 Å². The van der Waals surface area contributed by atoms with Gasteiger partial charge in [0.15, 0.2) is 0 Å². The van der Waals surface area contributed by atoms with Crippen LogP contribution in [0.1, 0.15) is 30.4 Å². The van der Waals surface area contributed by atoms with E-state index in [1.165, 1.54) is 11.1 Å². The standard InChI is InChI=1S/C16H21NO2/c1-18-10-4-11-19-12-9-16(13-17)8-7-14-5-2-3-6-15(14)16/h2-3,5-6H,4,7-12H2,1H3. The summed E-state index contributed by atoms with van der Waals surface area (Å²) in [6.07, 6.45) is 3.62. The fourth-order valence-electron chi connectivity index (χ4n) is 2.77. The molecule has 0 N–H and O–H groups in total. The molecule has 1 aliphatic carbocycles. The van der Waals surface area contributed by atoms with E-state index in [1.54, 1.807) is 7.11 Å². The maximum Gasteiger partial charge on any atom is 0.0850 e. The van der Waals surface area contributed by atoms with E-state index in [9.17, 15) is 5.26 Å². The summed E-state index contributed by atoms with van der Waals surface area (Å²) in [4.78, 5) is 0. The van der Waals surface area contributed by atoms with E-state index in [4.69, 9.17) is 9.47 Å². The number of nitriles is 1. The molecular weight excluding hydrogens is 238 g/mol. The second kappa shape index (κ2) is 6.70. The van der Waals surface area contributed by atoms with Gasteiger partial charge in [0.05, 0.1) is 11.5 Å². The Morgan fingerprint density at radius 1 is 1.26 bits per heavy atom. The highest BCUT2D eigenvalue weighted by Crippen LogP contribution is 2.40. The second-order valence-electron chi connectivity index (χ2n) is 5.06. The van der Waals surface area contributed by atoms with E-state index >= 15 is 0 Å². The molecule has 0 saturated heterocycles. The minimum absolute atomic E-state index is 0.335. The number of ether oxygens (including phenoxy) is 2. The average molecular weight is 259 g/mol. The lowest BCUT2D eigenvalue weighted by Gasteiger charge is -2.22. The van der Waals surface area contributed by atoms with E-state index < -0.39 is 0 Å². The summed E-state index contributed by atoms with van der Waals surface area (Å²) in [7, 11) is 1.69. The predicted molar refractivity (Wildman–Crippen MR) is 74.0 cm³/mol. The Kier molecular flexibility index (Phi) is 4.95. The first kappa shape index (κ1) is 14.0. The number of nitrogens with zero attached hydrogens (tertiary/aromatic N) is 1. The van der Waals surface area contributed by atoms with E-state index in [-0.39, 0.29) is 5.41 Å². The Hall–Kier alpha value is -1.37. The number of hydrogen-bond acceptors (Lipinski definition) is 3. The molecule has 1 atom stereocenters. The summed E-state index contributed by atoms with van der Waals surface area (Å²) in [6.45, 7) is 2.08. The summed E-state index contributed by atoms with van der Waals surface area (Å²) < 4.78 is 10.6. The quantitative estimate of drug-likeness (QED) is 0.707. The van der Waals surface area contributed by atoms with Gasteiger partial charge in [0.1, 0.15) is 0 Å². The van der Waals surface area contributed by atoms with Gasteiger partial charge in [-0.1, -0.05) is 24.3 Å². The zero-order chi connectivity index (χ0) is 13.6. The predicted octanol–water partition coefficient (Wildman–Crippen LogP) is 2.84. The van der Waals surface area contributed by atoms with Crippen LogP contribution in [-0.4, -0.2) is 26.9 Å². The summed E-state index contributed by atoms with van der Waals surface area (Å²) in [6, 6.07) is 10.8. The molecule has 102 valence electrons. The molecule has 1 aliphatic rings. The molecule has 0 radical (unpaired) electrons. The van der Waals surface area contributed by atoms with Crippen LogP contribution in [0.2, 0.25) is 0 Å². The summed E-state index contributed by atoms with van der Waals surface area (Å²) in [5.41, 5.74) is 2.19. The summed E-state index contributed by atoms with van der Waals surface area (Å²) in [5, 5.41) is 9.58. The fraction of sp³-hybridized carbons (Fsp3) is 0.562. The van der Waals surface area contributed by atoms with Crippen LogP contribution >= 0.6 is 0 Å². The van der Waals surface area contributed by atoms with Gasteiger partial charge in [-0.15, -0.1) is 0 Å². The van der Waals surface area contributed by atoms with Crippen LogP contribution in [0.3, 0.4) is 0 Å². The number of methoxy groups -OCH3 is 1. The zero-order valence-electron chi connectivity index (χ0n) is 11.5. The molecule has 3 heteroatoms. The molecule has 0 aliphatic heterocycles. The molecule has 0 amide bonds. The van der Waals surface area contributed by atoms with Crippen molar-refractivity contribution in [2.75, 3.05) is 26.9 Å². The molecule has 1 aromatic carbocycles. The first-order valence-corrected chi connectivity index (χ1v) is 6.89. The van der Waals surface area contributed by atoms with Crippen molar-refractivity contribution in [3.8, 4) is 6.07 Å². The normalized spacial score (nSPS) is 21.1.